The minimum absolute atomic E-state index is 0.540. The first-order chi connectivity index (χ1) is 7.70. The summed E-state index contributed by atoms with van der Waals surface area (Å²) < 4.78 is 2.39. The molecule has 1 unspecified atom stereocenters. The van der Waals surface area contributed by atoms with E-state index in [2.05, 4.69) is 50.2 Å². The van der Waals surface area contributed by atoms with Gasteiger partial charge in [0.15, 0.2) is 0 Å². The second-order valence-corrected chi connectivity index (χ2v) is 7.66. The van der Waals surface area contributed by atoms with Crippen molar-refractivity contribution in [1.29, 1.82) is 0 Å². The average Bonchev–Trinajstić information content (AvgIpc) is 3.01. The van der Waals surface area contributed by atoms with Crippen molar-refractivity contribution in [3.8, 4) is 0 Å². The van der Waals surface area contributed by atoms with Crippen LogP contribution in [0.3, 0.4) is 0 Å². The van der Waals surface area contributed by atoms with Crippen LogP contribution in [-0.4, -0.2) is 6.54 Å². The second-order valence-electron chi connectivity index (χ2n) is 4.40. The Morgan fingerprint density at radius 1 is 1.50 bits per heavy atom. The van der Waals surface area contributed by atoms with Crippen molar-refractivity contribution < 1.29 is 0 Å². The van der Waals surface area contributed by atoms with E-state index in [1.54, 1.807) is 0 Å². The number of thiophene rings is 1. The van der Waals surface area contributed by atoms with Crippen LogP contribution in [0.1, 0.15) is 43.5 Å². The predicted molar refractivity (Wildman–Crippen MR) is 78.1 cm³/mol. The van der Waals surface area contributed by atoms with Crippen LogP contribution in [0, 0.1) is 5.92 Å². The molecule has 2 rings (SSSR count). The van der Waals surface area contributed by atoms with Crippen LogP contribution < -0.4 is 5.32 Å². The molecule has 1 saturated carbocycles. The molecule has 1 fully saturated rings. The molecule has 1 atom stereocenters. The zero-order valence-electron chi connectivity index (χ0n) is 9.43. The van der Waals surface area contributed by atoms with E-state index in [4.69, 9.17) is 0 Å². The molecule has 1 N–H and O–H groups in total. The third-order valence-electron chi connectivity index (χ3n) is 3.02. The summed E-state index contributed by atoms with van der Waals surface area (Å²) in [6, 6.07) is 2.79. The molecular weight excluding hydrogens is 350 g/mol. The lowest BCUT2D eigenvalue weighted by Crippen LogP contribution is -2.20. The topological polar surface area (TPSA) is 12.0 Å². The van der Waals surface area contributed by atoms with Crippen molar-refractivity contribution in [2.75, 3.05) is 6.54 Å². The van der Waals surface area contributed by atoms with E-state index in [9.17, 15) is 0 Å². The average molecular weight is 367 g/mol. The first kappa shape index (κ1) is 13.1. The van der Waals surface area contributed by atoms with E-state index in [0.29, 0.717) is 6.04 Å². The first-order valence-corrected chi connectivity index (χ1v) is 8.29. The van der Waals surface area contributed by atoms with Gasteiger partial charge in [-0.1, -0.05) is 19.8 Å². The van der Waals surface area contributed by atoms with Crippen LogP contribution in [0.2, 0.25) is 0 Å². The molecule has 0 aromatic carbocycles. The summed E-state index contributed by atoms with van der Waals surface area (Å²) in [7, 11) is 0. The van der Waals surface area contributed by atoms with Gasteiger partial charge in [-0.2, -0.15) is 0 Å². The molecule has 16 heavy (non-hydrogen) atoms. The van der Waals surface area contributed by atoms with Crippen LogP contribution >= 0.6 is 43.2 Å². The highest BCUT2D eigenvalue weighted by Gasteiger charge is 2.23. The molecule has 1 aliphatic carbocycles. The zero-order chi connectivity index (χ0) is 11.5. The van der Waals surface area contributed by atoms with Crippen LogP contribution in [0.25, 0.3) is 0 Å². The quantitative estimate of drug-likeness (QED) is 0.737. The fraction of sp³-hybridized carbons (Fsp3) is 0.667. The molecule has 4 heteroatoms. The normalized spacial score (nSPS) is 17.7. The molecule has 0 aliphatic heterocycles. The Kier molecular flexibility index (Phi) is 4.89. The van der Waals surface area contributed by atoms with Gasteiger partial charge in [0.25, 0.3) is 0 Å². The molecule has 1 aliphatic rings. The van der Waals surface area contributed by atoms with Crippen molar-refractivity contribution in [1.82, 2.24) is 5.32 Å². The molecular formula is C12H17Br2NS. The van der Waals surface area contributed by atoms with Gasteiger partial charge in [-0.3, -0.25) is 0 Å². The smallest absolute Gasteiger partial charge is 0.0843 e. The van der Waals surface area contributed by atoms with Crippen LogP contribution in [0.15, 0.2) is 14.3 Å². The molecule has 0 saturated heterocycles. The van der Waals surface area contributed by atoms with E-state index in [-0.39, 0.29) is 0 Å². The van der Waals surface area contributed by atoms with E-state index in [1.165, 1.54) is 38.8 Å². The number of rotatable bonds is 6. The zero-order valence-corrected chi connectivity index (χ0v) is 13.4. The fourth-order valence-electron chi connectivity index (χ4n) is 1.94. The van der Waals surface area contributed by atoms with E-state index in [0.717, 1.165) is 12.5 Å². The highest BCUT2D eigenvalue weighted by molar-refractivity contribution is 9.13. The summed E-state index contributed by atoms with van der Waals surface area (Å²) in [6.07, 6.45) is 5.57. The van der Waals surface area contributed by atoms with Gasteiger partial charge >= 0.3 is 0 Å². The Morgan fingerprint density at radius 3 is 2.75 bits per heavy atom. The van der Waals surface area contributed by atoms with Gasteiger partial charge in [-0.25, -0.2) is 0 Å². The number of halogens is 2. The Hall–Kier alpha value is 0.620. The van der Waals surface area contributed by atoms with Gasteiger partial charge < -0.3 is 5.32 Å². The molecule has 1 nitrogen and oxygen atoms in total. The van der Waals surface area contributed by atoms with E-state index >= 15 is 0 Å². The summed E-state index contributed by atoms with van der Waals surface area (Å²) in [6.45, 7) is 3.23. The maximum atomic E-state index is 3.59. The summed E-state index contributed by atoms with van der Waals surface area (Å²) in [5, 5.41) is 3.59. The number of hydrogen-bond donors (Lipinski definition) is 1. The Labute approximate surface area is 118 Å². The van der Waals surface area contributed by atoms with Crippen molar-refractivity contribution in [3.63, 3.8) is 0 Å². The maximum absolute atomic E-state index is 3.59. The van der Waals surface area contributed by atoms with Gasteiger partial charge in [-0.05, 0) is 63.2 Å². The lowest BCUT2D eigenvalue weighted by atomic mass is 10.1. The summed E-state index contributed by atoms with van der Waals surface area (Å²) in [4.78, 5) is 1.45. The minimum atomic E-state index is 0.540. The summed E-state index contributed by atoms with van der Waals surface area (Å²) in [5.74, 6) is 1.02. The monoisotopic (exact) mass is 365 g/mol. The number of nitrogens with one attached hydrogen (secondary N) is 1. The minimum Gasteiger partial charge on any atom is -0.310 e. The van der Waals surface area contributed by atoms with Crippen molar-refractivity contribution in [2.45, 2.75) is 38.6 Å². The molecule has 1 aromatic heterocycles. The fourth-order valence-corrected chi connectivity index (χ4v) is 4.13. The van der Waals surface area contributed by atoms with Gasteiger partial charge in [0, 0.05) is 15.4 Å². The van der Waals surface area contributed by atoms with Gasteiger partial charge in [-0.15, -0.1) is 11.3 Å². The van der Waals surface area contributed by atoms with Gasteiger partial charge in [0.05, 0.1) is 3.79 Å². The van der Waals surface area contributed by atoms with Gasteiger partial charge in [0.2, 0.25) is 0 Å². The Bertz CT molecular complexity index is 327. The molecule has 0 amide bonds. The SMILES string of the molecule is CCNC(CCC1CC1)c1cc(Br)c(Br)s1. The molecule has 1 heterocycles. The highest BCUT2D eigenvalue weighted by Crippen LogP contribution is 2.40. The van der Waals surface area contributed by atoms with Gasteiger partial charge in [0.1, 0.15) is 0 Å². The Balaban J connectivity index is 1.98. The first-order valence-electron chi connectivity index (χ1n) is 5.88. The van der Waals surface area contributed by atoms with E-state index < -0.39 is 0 Å². The molecule has 0 bridgehead atoms. The van der Waals surface area contributed by atoms with Crippen LogP contribution in [0.4, 0.5) is 0 Å². The lowest BCUT2D eigenvalue weighted by Gasteiger charge is -2.15. The summed E-state index contributed by atoms with van der Waals surface area (Å²) in [5.41, 5.74) is 0. The van der Waals surface area contributed by atoms with Crippen LogP contribution in [-0.2, 0) is 0 Å². The Morgan fingerprint density at radius 2 is 2.25 bits per heavy atom. The van der Waals surface area contributed by atoms with Crippen molar-refractivity contribution >= 4 is 43.2 Å². The van der Waals surface area contributed by atoms with E-state index in [1.807, 2.05) is 11.3 Å². The largest absolute Gasteiger partial charge is 0.310 e. The molecule has 0 spiro atoms. The second kappa shape index (κ2) is 5.98. The lowest BCUT2D eigenvalue weighted by molar-refractivity contribution is 0.488. The van der Waals surface area contributed by atoms with Crippen LogP contribution in [0.5, 0.6) is 0 Å². The summed E-state index contributed by atoms with van der Waals surface area (Å²) >= 11 is 8.98. The standard InChI is InChI=1S/C12H17Br2NS/c1-2-15-10(6-5-8-3-4-8)11-7-9(13)12(14)16-11/h7-8,10,15H,2-6H2,1H3. The maximum Gasteiger partial charge on any atom is 0.0843 e. The third-order valence-corrected chi connectivity index (χ3v) is 6.39. The third kappa shape index (κ3) is 3.56. The van der Waals surface area contributed by atoms with Crippen molar-refractivity contribution in [2.24, 2.45) is 5.92 Å². The van der Waals surface area contributed by atoms with Crippen molar-refractivity contribution in [3.05, 3.63) is 19.2 Å². The molecule has 90 valence electrons. The molecule has 1 aromatic rings. The number of hydrogen-bond acceptors (Lipinski definition) is 2. The predicted octanol–water partition coefficient (Wildman–Crippen LogP) is 5.11. The highest BCUT2D eigenvalue weighted by atomic mass is 79.9. The molecule has 0 radical (unpaired) electrons.